The number of halogens is 3. The number of nitrogens with two attached hydrogens (primary N) is 1. The fraction of sp³-hybridized carbons (Fsp3) is 0.308. The molecule has 0 unspecified atom stereocenters. The fourth-order valence-electron chi connectivity index (χ4n) is 1.87. The lowest BCUT2D eigenvalue weighted by Gasteiger charge is -2.11. The van der Waals surface area contributed by atoms with Crippen LogP contribution in [0.3, 0.4) is 0 Å². The van der Waals surface area contributed by atoms with Gasteiger partial charge in [0.15, 0.2) is 0 Å². The Bertz CT molecular complexity index is 596. The zero-order valence-corrected chi connectivity index (χ0v) is 10.3. The summed E-state index contributed by atoms with van der Waals surface area (Å²) in [5.74, 6) is -0.295. The molecule has 1 aromatic carbocycles. The summed E-state index contributed by atoms with van der Waals surface area (Å²) in [4.78, 5) is 4.35. The highest BCUT2D eigenvalue weighted by molar-refractivity contribution is 5.91. The number of hydrogen-bond donors (Lipinski definition) is 1. The lowest BCUT2D eigenvalue weighted by molar-refractivity contribution is -0.274. The molecule has 0 saturated heterocycles. The second-order valence-electron chi connectivity index (χ2n) is 4.18. The number of hydrogen-bond acceptors (Lipinski definition) is 3. The molecular formula is C13H13F3N2O. The standard InChI is InChI=1S/C13H13F3N2O/c1-2-3-8-6-11(17)10-7-9(19-13(14,15)16)4-5-12(10)18-8/h4-7H,2-3H2,1H3,(H2,17,18). The van der Waals surface area contributed by atoms with Crippen LogP contribution in [0.1, 0.15) is 19.0 Å². The molecule has 2 aromatic rings. The van der Waals surface area contributed by atoms with Crippen LogP contribution in [0.2, 0.25) is 0 Å². The van der Waals surface area contributed by atoms with Crippen LogP contribution in [0.4, 0.5) is 18.9 Å². The van der Waals surface area contributed by atoms with E-state index in [2.05, 4.69) is 9.72 Å². The first-order valence-corrected chi connectivity index (χ1v) is 5.84. The number of nitrogen functional groups attached to an aromatic ring is 1. The maximum Gasteiger partial charge on any atom is 0.573 e. The number of aryl methyl sites for hydroxylation is 1. The summed E-state index contributed by atoms with van der Waals surface area (Å²) in [5, 5.41) is 0.460. The smallest absolute Gasteiger partial charge is 0.406 e. The van der Waals surface area contributed by atoms with Crippen LogP contribution in [-0.2, 0) is 6.42 Å². The average Bonchev–Trinajstić information content (AvgIpc) is 2.28. The summed E-state index contributed by atoms with van der Waals surface area (Å²) < 4.78 is 40.3. The van der Waals surface area contributed by atoms with Crippen LogP contribution < -0.4 is 10.5 Å². The molecule has 0 aliphatic rings. The van der Waals surface area contributed by atoms with Gasteiger partial charge in [0.25, 0.3) is 0 Å². The van der Waals surface area contributed by atoms with Gasteiger partial charge in [0, 0.05) is 16.8 Å². The molecule has 0 amide bonds. The molecule has 1 heterocycles. The minimum absolute atomic E-state index is 0.295. The van der Waals surface area contributed by atoms with E-state index in [1.807, 2.05) is 6.92 Å². The molecule has 0 aliphatic heterocycles. The zero-order chi connectivity index (χ0) is 14.0. The van der Waals surface area contributed by atoms with Crippen molar-refractivity contribution in [1.29, 1.82) is 0 Å². The van der Waals surface area contributed by atoms with Gasteiger partial charge in [-0.15, -0.1) is 13.2 Å². The quantitative estimate of drug-likeness (QED) is 0.925. The molecular weight excluding hydrogens is 257 g/mol. The Morgan fingerprint density at radius 3 is 2.63 bits per heavy atom. The molecule has 0 spiro atoms. The Balaban J connectivity index is 2.43. The van der Waals surface area contributed by atoms with Gasteiger partial charge in [0.1, 0.15) is 5.75 Å². The summed E-state index contributed by atoms with van der Waals surface area (Å²) in [7, 11) is 0. The molecule has 0 saturated carbocycles. The third-order valence-corrected chi connectivity index (χ3v) is 2.60. The summed E-state index contributed by atoms with van der Waals surface area (Å²) in [6, 6.07) is 5.65. The summed E-state index contributed by atoms with van der Waals surface area (Å²) >= 11 is 0. The number of ether oxygens (including phenoxy) is 1. The highest BCUT2D eigenvalue weighted by atomic mass is 19.4. The van der Waals surface area contributed by atoms with Crippen molar-refractivity contribution in [3.63, 3.8) is 0 Å². The molecule has 0 bridgehead atoms. The van der Waals surface area contributed by atoms with Crippen molar-refractivity contribution in [3.8, 4) is 5.75 Å². The number of benzene rings is 1. The van der Waals surface area contributed by atoms with E-state index in [0.29, 0.717) is 16.6 Å². The number of rotatable bonds is 3. The number of aromatic nitrogens is 1. The van der Waals surface area contributed by atoms with Gasteiger partial charge in [-0.25, -0.2) is 0 Å². The molecule has 2 rings (SSSR count). The first-order valence-electron chi connectivity index (χ1n) is 5.84. The Morgan fingerprint density at radius 1 is 1.26 bits per heavy atom. The predicted molar refractivity (Wildman–Crippen MR) is 66.8 cm³/mol. The van der Waals surface area contributed by atoms with E-state index in [-0.39, 0.29) is 5.75 Å². The lowest BCUT2D eigenvalue weighted by atomic mass is 10.1. The van der Waals surface area contributed by atoms with Gasteiger partial charge in [0.05, 0.1) is 5.52 Å². The van der Waals surface area contributed by atoms with Gasteiger partial charge in [-0.05, 0) is 30.7 Å². The van der Waals surface area contributed by atoms with Crippen molar-refractivity contribution in [1.82, 2.24) is 4.98 Å². The molecule has 19 heavy (non-hydrogen) atoms. The summed E-state index contributed by atoms with van der Waals surface area (Å²) in [5.41, 5.74) is 7.65. The Morgan fingerprint density at radius 2 is 2.00 bits per heavy atom. The Labute approximate surface area is 108 Å². The molecule has 2 N–H and O–H groups in total. The average molecular weight is 270 g/mol. The third-order valence-electron chi connectivity index (χ3n) is 2.60. The van der Waals surface area contributed by atoms with Crippen molar-refractivity contribution in [2.24, 2.45) is 0 Å². The molecule has 0 atom stereocenters. The molecule has 0 aliphatic carbocycles. The highest BCUT2D eigenvalue weighted by Crippen LogP contribution is 2.29. The maximum atomic E-state index is 12.1. The zero-order valence-electron chi connectivity index (χ0n) is 10.3. The van der Waals surface area contributed by atoms with E-state index in [4.69, 9.17) is 5.73 Å². The molecule has 102 valence electrons. The van der Waals surface area contributed by atoms with E-state index in [1.54, 1.807) is 6.07 Å². The monoisotopic (exact) mass is 270 g/mol. The maximum absolute atomic E-state index is 12.1. The van der Waals surface area contributed by atoms with E-state index in [1.165, 1.54) is 18.2 Å². The van der Waals surface area contributed by atoms with Gasteiger partial charge in [-0.1, -0.05) is 13.3 Å². The second-order valence-corrected chi connectivity index (χ2v) is 4.18. The summed E-state index contributed by atoms with van der Waals surface area (Å²) in [6.45, 7) is 2.02. The van der Waals surface area contributed by atoms with Crippen LogP contribution in [0.25, 0.3) is 10.9 Å². The van der Waals surface area contributed by atoms with Gasteiger partial charge in [0.2, 0.25) is 0 Å². The van der Waals surface area contributed by atoms with Gasteiger partial charge >= 0.3 is 6.36 Å². The number of anilines is 1. The number of fused-ring (bicyclic) bond motifs is 1. The van der Waals surface area contributed by atoms with Crippen molar-refractivity contribution in [2.45, 2.75) is 26.1 Å². The van der Waals surface area contributed by atoms with Crippen LogP contribution in [-0.4, -0.2) is 11.3 Å². The van der Waals surface area contributed by atoms with Crippen LogP contribution in [0.5, 0.6) is 5.75 Å². The highest BCUT2D eigenvalue weighted by Gasteiger charge is 2.31. The van der Waals surface area contributed by atoms with Crippen molar-refractivity contribution in [2.75, 3.05) is 5.73 Å². The molecule has 1 aromatic heterocycles. The third kappa shape index (κ3) is 3.27. The van der Waals surface area contributed by atoms with Crippen LogP contribution >= 0.6 is 0 Å². The minimum Gasteiger partial charge on any atom is -0.406 e. The first kappa shape index (κ1) is 13.5. The first-order chi connectivity index (χ1) is 8.89. The number of pyridine rings is 1. The van der Waals surface area contributed by atoms with Gasteiger partial charge < -0.3 is 10.5 Å². The van der Waals surface area contributed by atoms with Gasteiger partial charge in [-0.2, -0.15) is 0 Å². The van der Waals surface area contributed by atoms with E-state index >= 15 is 0 Å². The second kappa shape index (κ2) is 4.95. The Hall–Kier alpha value is -1.98. The minimum atomic E-state index is -4.71. The largest absolute Gasteiger partial charge is 0.573 e. The summed E-state index contributed by atoms with van der Waals surface area (Å²) in [6.07, 6.45) is -3.01. The van der Waals surface area contributed by atoms with Crippen LogP contribution in [0, 0.1) is 0 Å². The van der Waals surface area contributed by atoms with E-state index < -0.39 is 6.36 Å². The molecule has 6 heteroatoms. The SMILES string of the molecule is CCCc1cc(N)c2cc(OC(F)(F)F)ccc2n1. The topological polar surface area (TPSA) is 48.1 Å². The van der Waals surface area contributed by atoms with E-state index in [9.17, 15) is 13.2 Å². The van der Waals surface area contributed by atoms with Crippen LogP contribution in [0.15, 0.2) is 24.3 Å². The van der Waals surface area contributed by atoms with Crippen molar-refractivity contribution >= 4 is 16.6 Å². The normalized spacial score (nSPS) is 11.8. The Kier molecular flexibility index (Phi) is 3.50. The fourth-order valence-corrected chi connectivity index (χ4v) is 1.87. The van der Waals surface area contributed by atoms with Crippen molar-refractivity contribution in [3.05, 3.63) is 30.0 Å². The van der Waals surface area contributed by atoms with Gasteiger partial charge in [-0.3, -0.25) is 4.98 Å². The molecule has 0 radical (unpaired) electrons. The van der Waals surface area contributed by atoms with E-state index in [0.717, 1.165) is 18.5 Å². The molecule has 3 nitrogen and oxygen atoms in total. The predicted octanol–water partition coefficient (Wildman–Crippen LogP) is 3.67. The number of nitrogens with zero attached hydrogens (tertiary/aromatic N) is 1. The lowest BCUT2D eigenvalue weighted by Crippen LogP contribution is -2.17. The number of alkyl halides is 3. The molecule has 0 fully saturated rings. The van der Waals surface area contributed by atoms with Crippen molar-refractivity contribution < 1.29 is 17.9 Å².